The molecule has 2 fully saturated rings. The van der Waals surface area contributed by atoms with Crippen LogP contribution in [0.1, 0.15) is 52.4 Å². The summed E-state index contributed by atoms with van der Waals surface area (Å²) in [6.07, 6.45) is 9.14. The van der Waals surface area contributed by atoms with Gasteiger partial charge in [-0.1, -0.05) is 39.5 Å². The Morgan fingerprint density at radius 2 is 1.75 bits per heavy atom. The molecule has 0 aromatic heterocycles. The minimum absolute atomic E-state index is 1.02. The van der Waals surface area contributed by atoms with Crippen molar-refractivity contribution in [1.82, 2.24) is 0 Å². The summed E-state index contributed by atoms with van der Waals surface area (Å²) in [6, 6.07) is 0. The molecule has 0 aliphatic heterocycles. The van der Waals surface area contributed by atoms with Crippen LogP contribution in [0.25, 0.3) is 0 Å². The van der Waals surface area contributed by atoms with E-state index in [4.69, 9.17) is 0 Å². The maximum absolute atomic E-state index is 2.48. The zero-order chi connectivity index (χ0) is 8.55. The highest BCUT2D eigenvalue weighted by Crippen LogP contribution is 2.45. The van der Waals surface area contributed by atoms with Crippen molar-refractivity contribution in [2.24, 2.45) is 23.7 Å². The zero-order valence-corrected chi connectivity index (χ0v) is 8.55. The van der Waals surface area contributed by atoms with Gasteiger partial charge in [0.15, 0.2) is 0 Å². The summed E-state index contributed by atoms with van der Waals surface area (Å²) >= 11 is 0. The third-order valence-corrected chi connectivity index (χ3v) is 4.28. The molecule has 0 bridgehead atoms. The number of fused-ring (bicyclic) bond motifs is 1. The SMILES string of the molecule is C[C@@H]1CC[C@H]2CCC[C@@H](C)[C@H]2C1. The Hall–Kier alpha value is 0. The predicted molar refractivity (Wildman–Crippen MR) is 53.0 cm³/mol. The van der Waals surface area contributed by atoms with Crippen molar-refractivity contribution in [3.8, 4) is 0 Å². The van der Waals surface area contributed by atoms with Gasteiger partial charge in [-0.25, -0.2) is 0 Å². The summed E-state index contributed by atoms with van der Waals surface area (Å²) in [5.74, 6) is 4.27. The van der Waals surface area contributed by atoms with Gasteiger partial charge in [0.05, 0.1) is 0 Å². The van der Waals surface area contributed by atoms with Gasteiger partial charge in [-0.3, -0.25) is 0 Å². The summed E-state index contributed by atoms with van der Waals surface area (Å²) in [6.45, 7) is 4.92. The third-order valence-electron chi connectivity index (χ3n) is 4.28. The van der Waals surface area contributed by atoms with Crippen LogP contribution in [0.4, 0.5) is 0 Å². The topological polar surface area (TPSA) is 0 Å². The Morgan fingerprint density at radius 3 is 2.58 bits per heavy atom. The molecule has 0 nitrogen and oxygen atoms in total. The molecule has 2 aliphatic rings. The molecule has 0 heteroatoms. The van der Waals surface area contributed by atoms with Crippen molar-refractivity contribution >= 4 is 0 Å². The molecule has 0 amide bonds. The summed E-state index contributed by atoms with van der Waals surface area (Å²) in [7, 11) is 0. The summed E-state index contributed by atoms with van der Waals surface area (Å²) in [5, 5.41) is 0. The summed E-state index contributed by atoms with van der Waals surface area (Å²) in [4.78, 5) is 0. The highest BCUT2D eigenvalue weighted by atomic mass is 14.4. The first kappa shape index (κ1) is 8.59. The third kappa shape index (κ3) is 1.53. The van der Waals surface area contributed by atoms with E-state index in [2.05, 4.69) is 13.8 Å². The van der Waals surface area contributed by atoms with Crippen LogP contribution in [0, 0.1) is 23.7 Å². The van der Waals surface area contributed by atoms with Crippen molar-refractivity contribution in [3.05, 3.63) is 0 Å². The lowest BCUT2D eigenvalue weighted by atomic mass is 9.64. The molecule has 70 valence electrons. The summed E-state index contributed by atoms with van der Waals surface area (Å²) in [5.41, 5.74) is 0. The lowest BCUT2D eigenvalue weighted by molar-refractivity contribution is 0.0880. The Bertz CT molecular complexity index is 150. The maximum Gasteiger partial charge on any atom is -0.0358 e. The molecule has 2 saturated carbocycles. The van der Waals surface area contributed by atoms with Crippen LogP contribution in [0.3, 0.4) is 0 Å². The zero-order valence-electron chi connectivity index (χ0n) is 8.55. The van der Waals surface area contributed by atoms with Crippen LogP contribution in [0.2, 0.25) is 0 Å². The first-order chi connectivity index (χ1) is 5.77. The highest BCUT2D eigenvalue weighted by Gasteiger charge is 2.34. The molecule has 2 rings (SSSR count). The van der Waals surface area contributed by atoms with Gasteiger partial charge in [-0.2, -0.15) is 0 Å². The Balaban J connectivity index is 2.00. The molecule has 0 heterocycles. The van der Waals surface area contributed by atoms with E-state index >= 15 is 0 Å². The van der Waals surface area contributed by atoms with Gasteiger partial charge in [-0.05, 0) is 36.5 Å². The van der Waals surface area contributed by atoms with E-state index in [9.17, 15) is 0 Å². The molecule has 4 atom stereocenters. The second-order valence-corrected chi connectivity index (χ2v) is 5.25. The Labute approximate surface area is 76.7 Å². The lowest BCUT2D eigenvalue weighted by Crippen LogP contribution is -2.32. The normalized spacial score (nSPS) is 48.5. The molecule has 0 radical (unpaired) electrons. The molecular weight excluding hydrogens is 144 g/mol. The van der Waals surface area contributed by atoms with Gasteiger partial charge in [0.25, 0.3) is 0 Å². The van der Waals surface area contributed by atoms with Gasteiger partial charge in [-0.15, -0.1) is 0 Å². The van der Waals surface area contributed by atoms with E-state index in [0.717, 1.165) is 23.7 Å². The van der Waals surface area contributed by atoms with Crippen LogP contribution in [0.15, 0.2) is 0 Å². The van der Waals surface area contributed by atoms with E-state index in [1.807, 2.05) is 0 Å². The average molecular weight is 166 g/mol. The van der Waals surface area contributed by atoms with Gasteiger partial charge >= 0.3 is 0 Å². The van der Waals surface area contributed by atoms with E-state index in [-0.39, 0.29) is 0 Å². The Kier molecular flexibility index (Phi) is 2.43. The van der Waals surface area contributed by atoms with E-state index in [1.165, 1.54) is 32.1 Å². The molecule has 0 saturated heterocycles. The fourth-order valence-electron chi connectivity index (χ4n) is 3.46. The molecule has 2 aliphatic carbocycles. The van der Waals surface area contributed by atoms with Crippen molar-refractivity contribution < 1.29 is 0 Å². The quantitative estimate of drug-likeness (QED) is 0.512. The van der Waals surface area contributed by atoms with Crippen molar-refractivity contribution in [3.63, 3.8) is 0 Å². The standard InChI is InChI=1S/C12H22/c1-9-6-7-11-5-3-4-10(2)12(11)8-9/h9-12H,3-8H2,1-2H3/t9-,10-,11-,12-/m1/s1. The molecular formula is C12H22. The molecule has 0 spiro atoms. The minimum Gasteiger partial charge on any atom is -0.0625 e. The highest BCUT2D eigenvalue weighted by molar-refractivity contribution is 4.85. The fraction of sp³-hybridized carbons (Fsp3) is 1.00. The van der Waals surface area contributed by atoms with Crippen LogP contribution in [-0.4, -0.2) is 0 Å². The van der Waals surface area contributed by atoms with Crippen LogP contribution >= 0.6 is 0 Å². The van der Waals surface area contributed by atoms with Crippen LogP contribution in [-0.2, 0) is 0 Å². The predicted octanol–water partition coefficient (Wildman–Crippen LogP) is 3.86. The lowest BCUT2D eigenvalue weighted by Gasteiger charge is -2.42. The molecule has 12 heavy (non-hydrogen) atoms. The van der Waals surface area contributed by atoms with Gasteiger partial charge in [0.2, 0.25) is 0 Å². The van der Waals surface area contributed by atoms with Crippen LogP contribution in [0.5, 0.6) is 0 Å². The average Bonchev–Trinajstić information content (AvgIpc) is 2.07. The van der Waals surface area contributed by atoms with E-state index in [0.29, 0.717) is 0 Å². The maximum atomic E-state index is 2.48. The first-order valence-corrected chi connectivity index (χ1v) is 5.77. The molecule has 0 N–H and O–H groups in total. The second-order valence-electron chi connectivity index (χ2n) is 5.25. The Morgan fingerprint density at radius 1 is 0.917 bits per heavy atom. The molecule has 0 unspecified atom stereocenters. The number of rotatable bonds is 0. The van der Waals surface area contributed by atoms with Crippen LogP contribution < -0.4 is 0 Å². The van der Waals surface area contributed by atoms with Crippen molar-refractivity contribution in [2.75, 3.05) is 0 Å². The molecule has 0 aromatic carbocycles. The number of hydrogen-bond donors (Lipinski definition) is 0. The minimum atomic E-state index is 1.02. The smallest absolute Gasteiger partial charge is 0.0358 e. The summed E-state index contributed by atoms with van der Waals surface area (Å²) < 4.78 is 0. The van der Waals surface area contributed by atoms with Gasteiger partial charge < -0.3 is 0 Å². The monoisotopic (exact) mass is 166 g/mol. The van der Waals surface area contributed by atoms with E-state index in [1.54, 1.807) is 6.42 Å². The fourth-order valence-corrected chi connectivity index (χ4v) is 3.46. The van der Waals surface area contributed by atoms with Crippen molar-refractivity contribution in [2.45, 2.75) is 52.4 Å². The largest absolute Gasteiger partial charge is 0.0625 e. The first-order valence-electron chi connectivity index (χ1n) is 5.77. The van der Waals surface area contributed by atoms with Gasteiger partial charge in [0.1, 0.15) is 0 Å². The second kappa shape index (κ2) is 3.40. The number of hydrogen-bond acceptors (Lipinski definition) is 0. The van der Waals surface area contributed by atoms with E-state index < -0.39 is 0 Å². The molecule has 0 aromatic rings. The van der Waals surface area contributed by atoms with Crippen molar-refractivity contribution in [1.29, 1.82) is 0 Å². The van der Waals surface area contributed by atoms with Gasteiger partial charge in [0, 0.05) is 0 Å².